The largest absolute Gasteiger partial charge is 0.478 e. The minimum atomic E-state index is -1.04. The second-order valence-corrected chi connectivity index (χ2v) is 5.06. The minimum Gasteiger partial charge on any atom is -0.478 e. The summed E-state index contributed by atoms with van der Waals surface area (Å²) in [7, 11) is 3.29. The molecule has 1 rings (SSSR count). The first kappa shape index (κ1) is 15.4. The van der Waals surface area contributed by atoms with Crippen molar-refractivity contribution in [3.63, 3.8) is 0 Å². The van der Waals surface area contributed by atoms with Gasteiger partial charge in [-0.25, -0.2) is 9.59 Å². The van der Waals surface area contributed by atoms with E-state index in [0.717, 1.165) is 5.75 Å². The van der Waals surface area contributed by atoms with E-state index in [9.17, 15) is 9.59 Å². The van der Waals surface area contributed by atoms with Crippen molar-refractivity contribution in [1.82, 2.24) is 4.90 Å². The number of amides is 2. The van der Waals surface area contributed by atoms with E-state index in [1.165, 1.54) is 11.0 Å². The third-order valence-corrected chi connectivity index (χ3v) is 3.33. The Morgan fingerprint density at radius 1 is 1.26 bits per heavy atom. The fraction of sp³-hybridized carbons (Fsp3) is 0.385. The van der Waals surface area contributed by atoms with Gasteiger partial charge in [0.25, 0.3) is 0 Å². The molecule has 0 aliphatic rings. The zero-order valence-electron chi connectivity index (χ0n) is 11.3. The molecule has 6 heteroatoms. The maximum Gasteiger partial charge on any atom is 0.337 e. The van der Waals surface area contributed by atoms with E-state index in [2.05, 4.69) is 0 Å². The van der Waals surface area contributed by atoms with Gasteiger partial charge in [-0.3, -0.25) is 4.90 Å². The van der Waals surface area contributed by atoms with Gasteiger partial charge in [-0.05, 0) is 18.4 Å². The highest BCUT2D eigenvalue weighted by Gasteiger charge is 2.20. The van der Waals surface area contributed by atoms with E-state index in [-0.39, 0.29) is 11.6 Å². The van der Waals surface area contributed by atoms with Crippen molar-refractivity contribution >= 4 is 29.4 Å². The van der Waals surface area contributed by atoms with E-state index in [1.807, 2.05) is 6.26 Å². The Balaban J connectivity index is 2.91. The number of carboxylic acids is 1. The molecule has 0 saturated heterocycles. The van der Waals surface area contributed by atoms with Crippen LogP contribution >= 0.6 is 11.8 Å². The predicted molar refractivity (Wildman–Crippen MR) is 78.2 cm³/mol. The third kappa shape index (κ3) is 3.89. The molecule has 0 atom stereocenters. The maximum absolute atomic E-state index is 12.2. The summed E-state index contributed by atoms with van der Waals surface area (Å²) in [4.78, 5) is 26.3. The number of carboxylic acid groups (broad SMARTS) is 1. The molecule has 0 heterocycles. The monoisotopic (exact) mass is 282 g/mol. The van der Waals surface area contributed by atoms with Gasteiger partial charge in [-0.1, -0.05) is 12.1 Å². The number of thioether (sulfide) groups is 1. The molecule has 5 nitrogen and oxygen atoms in total. The molecule has 104 valence electrons. The highest BCUT2D eigenvalue weighted by Crippen LogP contribution is 2.20. The fourth-order valence-electron chi connectivity index (χ4n) is 1.63. The molecular formula is C13H18N2O3S. The van der Waals surface area contributed by atoms with Gasteiger partial charge in [0.05, 0.1) is 11.3 Å². The summed E-state index contributed by atoms with van der Waals surface area (Å²) in [6.07, 6.45) is 1.97. The minimum absolute atomic E-state index is 0.122. The number of aromatic carboxylic acids is 1. The van der Waals surface area contributed by atoms with Gasteiger partial charge in [0.2, 0.25) is 0 Å². The predicted octanol–water partition coefficient (Wildman–Crippen LogP) is 2.24. The van der Waals surface area contributed by atoms with Gasteiger partial charge < -0.3 is 10.0 Å². The lowest BCUT2D eigenvalue weighted by atomic mass is 10.1. The normalized spacial score (nSPS) is 10.1. The maximum atomic E-state index is 12.2. The second kappa shape index (κ2) is 7.04. The summed E-state index contributed by atoms with van der Waals surface area (Å²) in [6, 6.07) is 6.26. The highest BCUT2D eigenvalue weighted by atomic mass is 32.2. The molecule has 0 aliphatic heterocycles. The lowest BCUT2D eigenvalue weighted by molar-refractivity contribution is 0.0697. The Morgan fingerprint density at radius 3 is 2.47 bits per heavy atom. The van der Waals surface area contributed by atoms with E-state index in [1.54, 1.807) is 49.0 Å². The number of rotatable bonds is 5. The molecule has 0 radical (unpaired) electrons. The Morgan fingerprint density at radius 2 is 1.89 bits per heavy atom. The van der Waals surface area contributed by atoms with E-state index < -0.39 is 5.97 Å². The Kier molecular flexibility index (Phi) is 5.69. The number of carbonyl (C=O) groups is 2. The van der Waals surface area contributed by atoms with Crippen LogP contribution in [0.5, 0.6) is 0 Å². The molecule has 0 aromatic heterocycles. The molecule has 0 spiro atoms. The fourth-order valence-corrected chi connectivity index (χ4v) is 2.09. The molecule has 0 aliphatic carbocycles. The third-order valence-electron chi connectivity index (χ3n) is 2.74. The first-order valence-electron chi connectivity index (χ1n) is 5.79. The van der Waals surface area contributed by atoms with Crippen molar-refractivity contribution in [2.24, 2.45) is 0 Å². The summed E-state index contributed by atoms with van der Waals surface area (Å²) < 4.78 is 0. The standard InChI is InChI=1S/C13H18N2O3S/c1-14(8-9-19-3)13(18)15(2)11-7-5-4-6-10(11)12(16)17/h4-7H,8-9H2,1-3H3,(H,16,17). The smallest absolute Gasteiger partial charge is 0.337 e. The van der Waals surface area contributed by atoms with Gasteiger partial charge in [-0.15, -0.1) is 0 Å². The first-order valence-corrected chi connectivity index (χ1v) is 7.18. The van der Waals surface area contributed by atoms with Crippen LogP contribution in [0.1, 0.15) is 10.4 Å². The molecule has 0 bridgehead atoms. The van der Waals surface area contributed by atoms with Crippen molar-refractivity contribution in [3.8, 4) is 0 Å². The zero-order valence-corrected chi connectivity index (χ0v) is 12.1. The van der Waals surface area contributed by atoms with Crippen LogP contribution in [-0.2, 0) is 0 Å². The number of urea groups is 1. The summed E-state index contributed by atoms with van der Waals surface area (Å²) in [6.45, 7) is 0.625. The summed E-state index contributed by atoms with van der Waals surface area (Å²) in [5, 5.41) is 9.12. The molecule has 19 heavy (non-hydrogen) atoms. The van der Waals surface area contributed by atoms with Gasteiger partial charge in [-0.2, -0.15) is 11.8 Å². The number of carbonyl (C=O) groups excluding carboxylic acids is 1. The van der Waals surface area contributed by atoms with Crippen molar-refractivity contribution in [2.75, 3.05) is 37.5 Å². The highest BCUT2D eigenvalue weighted by molar-refractivity contribution is 7.98. The Labute approximate surface area is 117 Å². The number of hydrogen-bond acceptors (Lipinski definition) is 3. The molecule has 0 unspecified atom stereocenters. The van der Waals surface area contributed by atoms with Crippen LogP contribution in [0.4, 0.5) is 10.5 Å². The van der Waals surface area contributed by atoms with Crippen molar-refractivity contribution < 1.29 is 14.7 Å². The molecule has 1 N–H and O–H groups in total. The van der Waals surface area contributed by atoms with Crippen molar-refractivity contribution in [1.29, 1.82) is 0 Å². The van der Waals surface area contributed by atoms with Crippen LogP contribution in [0.15, 0.2) is 24.3 Å². The quantitative estimate of drug-likeness (QED) is 0.899. The summed E-state index contributed by atoms with van der Waals surface area (Å²) >= 11 is 1.66. The Hall–Kier alpha value is -1.69. The van der Waals surface area contributed by atoms with E-state index in [0.29, 0.717) is 12.2 Å². The molecule has 0 saturated carbocycles. The van der Waals surface area contributed by atoms with Crippen LogP contribution in [0.25, 0.3) is 0 Å². The first-order chi connectivity index (χ1) is 8.99. The second-order valence-electron chi connectivity index (χ2n) is 4.08. The van der Waals surface area contributed by atoms with Gasteiger partial charge in [0.1, 0.15) is 0 Å². The zero-order chi connectivity index (χ0) is 14.4. The van der Waals surface area contributed by atoms with E-state index >= 15 is 0 Å². The van der Waals surface area contributed by atoms with Gasteiger partial charge in [0.15, 0.2) is 0 Å². The van der Waals surface area contributed by atoms with Crippen LogP contribution < -0.4 is 4.90 Å². The van der Waals surface area contributed by atoms with Gasteiger partial charge in [0, 0.05) is 26.4 Å². The average Bonchev–Trinajstić information content (AvgIpc) is 2.42. The van der Waals surface area contributed by atoms with Crippen LogP contribution in [0.3, 0.4) is 0 Å². The van der Waals surface area contributed by atoms with Crippen LogP contribution in [0.2, 0.25) is 0 Å². The van der Waals surface area contributed by atoms with Gasteiger partial charge >= 0.3 is 12.0 Å². The molecular weight excluding hydrogens is 264 g/mol. The van der Waals surface area contributed by atoms with Crippen LogP contribution in [-0.4, -0.2) is 54.7 Å². The molecule has 0 fully saturated rings. The van der Waals surface area contributed by atoms with Crippen LogP contribution in [0, 0.1) is 0 Å². The average molecular weight is 282 g/mol. The number of hydrogen-bond donors (Lipinski definition) is 1. The molecule has 2 amide bonds. The SMILES string of the molecule is CSCCN(C)C(=O)N(C)c1ccccc1C(=O)O. The number of nitrogens with zero attached hydrogens (tertiary/aromatic N) is 2. The topological polar surface area (TPSA) is 60.9 Å². The van der Waals surface area contributed by atoms with E-state index in [4.69, 9.17) is 5.11 Å². The summed E-state index contributed by atoms with van der Waals surface area (Å²) in [5.74, 6) is -0.196. The lowest BCUT2D eigenvalue weighted by Crippen LogP contribution is -2.40. The van der Waals surface area contributed by atoms with Crippen molar-refractivity contribution in [2.45, 2.75) is 0 Å². The number of benzene rings is 1. The summed E-state index contributed by atoms with van der Waals surface area (Å²) in [5.41, 5.74) is 0.521. The Bertz CT molecular complexity index is 465. The lowest BCUT2D eigenvalue weighted by Gasteiger charge is -2.25. The number of anilines is 1. The molecule has 1 aromatic rings. The number of para-hydroxylation sites is 1. The molecule has 1 aromatic carbocycles. The van der Waals surface area contributed by atoms with Crippen molar-refractivity contribution in [3.05, 3.63) is 29.8 Å².